The van der Waals surface area contributed by atoms with E-state index in [9.17, 15) is 9.59 Å². The lowest BCUT2D eigenvalue weighted by atomic mass is 10.1. The molecule has 0 saturated carbocycles. The normalized spacial score (nSPS) is 19.0. The Labute approximate surface area is 145 Å². The molecule has 24 heavy (non-hydrogen) atoms. The zero-order valence-corrected chi connectivity index (χ0v) is 14.0. The standard InChI is InChI=1S/C19H17NO3S/c1-23-13-16(21)12-17-20(15-10-6-3-7-11-15)19(22)18(24-17)14-8-4-2-5-9-14/h2-12,18H,13H2,1H3/b17-12-. The Morgan fingerprint density at radius 2 is 1.75 bits per heavy atom. The van der Waals surface area contributed by atoms with Gasteiger partial charge in [-0.1, -0.05) is 60.3 Å². The van der Waals surface area contributed by atoms with Crippen molar-refractivity contribution >= 4 is 29.1 Å². The molecule has 2 aromatic rings. The van der Waals surface area contributed by atoms with E-state index in [4.69, 9.17) is 4.74 Å². The van der Waals surface area contributed by atoms with Crippen LogP contribution in [0.4, 0.5) is 5.69 Å². The molecule has 0 radical (unpaired) electrons. The van der Waals surface area contributed by atoms with E-state index in [1.165, 1.54) is 24.9 Å². The molecule has 122 valence electrons. The van der Waals surface area contributed by atoms with Crippen molar-refractivity contribution in [2.45, 2.75) is 5.25 Å². The monoisotopic (exact) mass is 339 g/mol. The maximum Gasteiger partial charge on any atom is 0.249 e. The van der Waals surface area contributed by atoms with Gasteiger partial charge in [-0.3, -0.25) is 14.5 Å². The minimum atomic E-state index is -0.354. The summed E-state index contributed by atoms with van der Waals surface area (Å²) in [7, 11) is 1.48. The van der Waals surface area contributed by atoms with E-state index in [0.717, 1.165) is 11.3 Å². The van der Waals surface area contributed by atoms with Crippen LogP contribution in [0.1, 0.15) is 10.8 Å². The predicted molar refractivity (Wildman–Crippen MR) is 95.7 cm³/mol. The summed E-state index contributed by atoms with van der Waals surface area (Å²) in [6, 6.07) is 19.0. The number of ether oxygens (including phenoxy) is 1. The van der Waals surface area contributed by atoms with E-state index < -0.39 is 0 Å². The van der Waals surface area contributed by atoms with Gasteiger partial charge < -0.3 is 4.74 Å². The quantitative estimate of drug-likeness (QED) is 0.782. The van der Waals surface area contributed by atoms with Crippen molar-refractivity contribution in [3.63, 3.8) is 0 Å². The van der Waals surface area contributed by atoms with E-state index in [2.05, 4.69) is 0 Å². The number of hydrogen-bond acceptors (Lipinski definition) is 4. The Morgan fingerprint density at radius 3 is 2.38 bits per heavy atom. The number of carbonyl (C=O) groups excluding carboxylic acids is 2. The summed E-state index contributed by atoms with van der Waals surface area (Å²) in [6.45, 7) is -0.00309. The van der Waals surface area contributed by atoms with Crippen molar-refractivity contribution in [3.8, 4) is 0 Å². The fourth-order valence-electron chi connectivity index (χ4n) is 2.54. The van der Waals surface area contributed by atoms with Gasteiger partial charge in [0.05, 0.1) is 5.03 Å². The second-order valence-electron chi connectivity index (χ2n) is 5.30. The molecule has 1 aliphatic heterocycles. The van der Waals surface area contributed by atoms with Gasteiger partial charge in [0.1, 0.15) is 11.9 Å². The molecule has 1 saturated heterocycles. The van der Waals surface area contributed by atoms with Gasteiger partial charge >= 0.3 is 0 Å². The smallest absolute Gasteiger partial charge is 0.249 e. The molecule has 0 aromatic heterocycles. The third kappa shape index (κ3) is 3.42. The Kier molecular flexibility index (Phi) is 5.13. The molecule has 1 heterocycles. The van der Waals surface area contributed by atoms with E-state index in [1.807, 2.05) is 60.7 Å². The Morgan fingerprint density at radius 1 is 1.12 bits per heavy atom. The second kappa shape index (κ2) is 7.47. The van der Waals surface area contributed by atoms with Gasteiger partial charge in [0.25, 0.3) is 0 Å². The van der Waals surface area contributed by atoms with Crippen molar-refractivity contribution in [2.75, 3.05) is 18.6 Å². The number of benzene rings is 2. The Balaban J connectivity index is 1.99. The molecule has 5 heteroatoms. The van der Waals surface area contributed by atoms with Crippen molar-refractivity contribution in [1.82, 2.24) is 0 Å². The van der Waals surface area contributed by atoms with Gasteiger partial charge in [0, 0.05) is 18.9 Å². The number of rotatable bonds is 5. The lowest BCUT2D eigenvalue weighted by molar-refractivity contribution is -0.118. The first kappa shape index (κ1) is 16.5. The number of thioether (sulfide) groups is 1. The predicted octanol–water partition coefficient (Wildman–Crippen LogP) is 3.56. The van der Waals surface area contributed by atoms with Crippen LogP contribution in [0.2, 0.25) is 0 Å². The number of nitrogens with zero attached hydrogens (tertiary/aromatic N) is 1. The second-order valence-corrected chi connectivity index (χ2v) is 6.43. The number of ketones is 1. The molecule has 0 spiro atoms. The highest BCUT2D eigenvalue weighted by Gasteiger charge is 2.38. The summed E-state index contributed by atoms with van der Waals surface area (Å²) in [5.74, 6) is -0.212. The van der Waals surface area contributed by atoms with Crippen LogP contribution in [0, 0.1) is 0 Å². The molecule has 1 unspecified atom stereocenters. The van der Waals surface area contributed by atoms with Crippen molar-refractivity contribution in [1.29, 1.82) is 0 Å². The fourth-order valence-corrected chi connectivity index (χ4v) is 3.78. The molecule has 1 atom stereocenters. The topological polar surface area (TPSA) is 46.6 Å². The highest BCUT2D eigenvalue weighted by Crippen LogP contribution is 2.46. The first-order valence-corrected chi connectivity index (χ1v) is 8.43. The van der Waals surface area contributed by atoms with Gasteiger partial charge in [0.2, 0.25) is 5.91 Å². The Hall–Kier alpha value is -2.37. The first-order chi connectivity index (χ1) is 11.7. The molecule has 4 nitrogen and oxygen atoms in total. The molecular weight excluding hydrogens is 322 g/mol. The van der Waals surface area contributed by atoms with Gasteiger partial charge in [-0.2, -0.15) is 0 Å². The van der Waals surface area contributed by atoms with Crippen LogP contribution in [0.15, 0.2) is 71.8 Å². The van der Waals surface area contributed by atoms with Crippen LogP contribution in [-0.4, -0.2) is 25.4 Å². The van der Waals surface area contributed by atoms with Crippen LogP contribution < -0.4 is 4.90 Å². The van der Waals surface area contributed by atoms with Crippen LogP contribution in [0.25, 0.3) is 0 Å². The highest BCUT2D eigenvalue weighted by atomic mass is 32.2. The number of carbonyl (C=O) groups is 2. The molecule has 0 N–H and O–H groups in total. The van der Waals surface area contributed by atoms with E-state index in [1.54, 1.807) is 4.90 Å². The van der Waals surface area contributed by atoms with Crippen LogP contribution in [0.3, 0.4) is 0 Å². The number of methoxy groups -OCH3 is 1. The summed E-state index contributed by atoms with van der Waals surface area (Å²) >= 11 is 1.39. The molecule has 1 amide bonds. The largest absolute Gasteiger partial charge is 0.377 e. The molecule has 1 aliphatic rings. The van der Waals surface area contributed by atoms with Crippen molar-refractivity contribution in [3.05, 3.63) is 77.3 Å². The summed E-state index contributed by atoms with van der Waals surface area (Å²) in [5.41, 5.74) is 1.68. The third-order valence-electron chi connectivity index (χ3n) is 3.59. The van der Waals surface area contributed by atoms with Gasteiger partial charge in [0.15, 0.2) is 5.78 Å². The van der Waals surface area contributed by atoms with Crippen molar-refractivity contribution < 1.29 is 14.3 Å². The van der Waals surface area contributed by atoms with E-state index in [-0.39, 0.29) is 23.5 Å². The summed E-state index contributed by atoms with van der Waals surface area (Å²) < 4.78 is 4.89. The van der Waals surface area contributed by atoms with E-state index >= 15 is 0 Å². The van der Waals surface area contributed by atoms with Gasteiger partial charge in [-0.05, 0) is 17.7 Å². The maximum absolute atomic E-state index is 13.0. The molecule has 1 fully saturated rings. The maximum atomic E-state index is 13.0. The number of anilines is 1. The summed E-state index contributed by atoms with van der Waals surface area (Å²) in [4.78, 5) is 26.6. The van der Waals surface area contributed by atoms with Crippen LogP contribution in [0.5, 0.6) is 0 Å². The lowest BCUT2D eigenvalue weighted by Gasteiger charge is -2.17. The lowest BCUT2D eigenvalue weighted by Crippen LogP contribution is -2.25. The van der Waals surface area contributed by atoms with Gasteiger partial charge in [-0.25, -0.2) is 0 Å². The van der Waals surface area contributed by atoms with E-state index in [0.29, 0.717) is 5.03 Å². The zero-order valence-electron chi connectivity index (χ0n) is 13.2. The van der Waals surface area contributed by atoms with Crippen molar-refractivity contribution in [2.24, 2.45) is 0 Å². The molecule has 0 bridgehead atoms. The zero-order chi connectivity index (χ0) is 16.9. The minimum Gasteiger partial charge on any atom is -0.377 e. The third-order valence-corrected chi connectivity index (χ3v) is 4.84. The van der Waals surface area contributed by atoms with Gasteiger partial charge in [-0.15, -0.1) is 0 Å². The van der Waals surface area contributed by atoms with Crippen LogP contribution >= 0.6 is 11.8 Å². The highest BCUT2D eigenvalue weighted by molar-refractivity contribution is 8.04. The fraction of sp³-hybridized carbons (Fsp3) is 0.158. The summed E-state index contributed by atoms with van der Waals surface area (Å²) in [6.07, 6.45) is 1.49. The average Bonchev–Trinajstić information content (AvgIpc) is 2.92. The number of hydrogen-bond donors (Lipinski definition) is 0. The number of amides is 1. The minimum absolute atomic E-state index is 0.00309. The SMILES string of the molecule is COCC(=O)/C=C1\SC(c2ccccc2)C(=O)N1c1ccccc1. The molecule has 3 rings (SSSR count). The summed E-state index contributed by atoms with van der Waals surface area (Å²) in [5, 5.41) is 0.273. The molecule has 2 aromatic carbocycles. The Bertz CT molecular complexity index is 759. The molecular formula is C19H17NO3S. The number of para-hydroxylation sites is 1. The molecule has 0 aliphatic carbocycles. The van der Waals surface area contributed by atoms with Crippen LogP contribution in [-0.2, 0) is 14.3 Å². The first-order valence-electron chi connectivity index (χ1n) is 7.55. The average molecular weight is 339 g/mol.